The van der Waals surface area contributed by atoms with Crippen molar-refractivity contribution < 1.29 is 39.3 Å². The van der Waals surface area contributed by atoms with Crippen molar-refractivity contribution >= 4 is 19.4 Å². The van der Waals surface area contributed by atoms with Crippen molar-refractivity contribution in [1.29, 1.82) is 0 Å². The van der Waals surface area contributed by atoms with E-state index in [9.17, 15) is 4.89 Å². The molecule has 0 radical (unpaired) electrons. The Morgan fingerprint density at radius 3 is 2.00 bits per heavy atom. The summed E-state index contributed by atoms with van der Waals surface area (Å²) >= 11 is 0. The summed E-state index contributed by atoms with van der Waals surface area (Å²) in [6, 6.07) is 6.96. The van der Waals surface area contributed by atoms with Gasteiger partial charge in [0.1, 0.15) is 0 Å². The SMILES string of the molecule is CN(C)c1ccc(P([O-])O)cc1.[Na+]. The van der Waals surface area contributed by atoms with Crippen LogP contribution in [0, 0.1) is 0 Å². The van der Waals surface area contributed by atoms with Crippen LogP contribution in [0.15, 0.2) is 24.3 Å². The molecule has 0 spiro atoms. The first kappa shape index (κ1) is 13.4. The second-order valence-corrected chi connectivity index (χ2v) is 3.75. The van der Waals surface area contributed by atoms with Gasteiger partial charge in [0.25, 0.3) is 0 Å². The number of hydrogen-bond acceptors (Lipinski definition) is 3. The van der Waals surface area contributed by atoms with E-state index in [1.165, 1.54) is 0 Å². The molecule has 0 saturated heterocycles. The van der Waals surface area contributed by atoms with Crippen LogP contribution in [0.4, 0.5) is 5.69 Å². The molecule has 13 heavy (non-hydrogen) atoms. The summed E-state index contributed by atoms with van der Waals surface area (Å²) in [7, 11) is 1.65. The van der Waals surface area contributed by atoms with Gasteiger partial charge < -0.3 is 14.7 Å². The van der Waals surface area contributed by atoms with Crippen LogP contribution in [0.2, 0.25) is 0 Å². The molecule has 1 rings (SSSR count). The molecule has 5 heteroatoms. The summed E-state index contributed by atoms with van der Waals surface area (Å²) in [6.07, 6.45) is 0. The maximum absolute atomic E-state index is 10.6. The molecule has 66 valence electrons. The molecule has 0 aliphatic rings. The molecular weight excluding hydrogens is 196 g/mol. The van der Waals surface area contributed by atoms with Gasteiger partial charge in [0, 0.05) is 19.8 Å². The molecule has 1 atom stereocenters. The Hall–Kier alpha value is 0.370. The molecule has 0 heterocycles. The van der Waals surface area contributed by atoms with E-state index in [-0.39, 0.29) is 29.6 Å². The largest absolute Gasteiger partial charge is 1.00 e. The topological polar surface area (TPSA) is 46.5 Å². The van der Waals surface area contributed by atoms with Gasteiger partial charge in [0.2, 0.25) is 0 Å². The summed E-state index contributed by atoms with van der Waals surface area (Å²) in [4.78, 5) is 21.3. The molecule has 1 N–H and O–H groups in total. The third kappa shape index (κ3) is 3.94. The van der Waals surface area contributed by atoms with E-state index in [0.717, 1.165) is 5.69 Å². The van der Waals surface area contributed by atoms with Gasteiger partial charge in [-0.1, -0.05) is 12.1 Å². The van der Waals surface area contributed by atoms with E-state index < -0.39 is 8.38 Å². The molecule has 1 unspecified atom stereocenters. The predicted molar refractivity (Wildman–Crippen MR) is 49.5 cm³/mol. The van der Waals surface area contributed by atoms with Crippen LogP contribution in [0.3, 0.4) is 0 Å². The minimum Gasteiger partial charge on any atom is -0.805 e. The maximum Gasteiger partial charge on any atom is 1.00 e. The maximum atomic E-state index is 10.6. The number of benzene rings is 1. The van der Waals surface area contributed by atoms with Gasteiger partial charge >= 0.3 is 29.6 Å². The van der Waals surface area contributed by atoms with Crippen LogP contribution in [0.1, 0.15) is 0 Å². The molecule has 0 aliphatic carbocycles. The van der Waals surface area contributed by atoms with Crippen LogP contribution >= 0.6 is 8.38 Å². The van der Waals surface area contributed by atoms with Gasteiger partial charge in [-0.15, -0.1) is 0 Å². The first-order valence-electron chi connectivity index (χ1n) is 3.55. The van der Waals surface area contributed by atoms with Gasteiger partial charge in [-0.2, -0.15) is 0 Å². The summed E-state index contributed by atoms with van der Waals surface area (Å²) in [6.45, 7) is 0. The fraction of sp³-hybridized carbons (Fsp3) is 0.250. The number of hydrogen-bond donors (Lipinski definition) is 1. The third-order valence-corrected chi connectivity index (χ3v) is 2.33. The molecule has 0 aliphatic heterocycles. The van der Waals surface area contributed by atoms with Crippen molar-refractivity contribution in [1.82, 2.24) is 0 Å². The molecule has 1 aromatic carbocycles. The van der Waals surface area contributed by atoms with E-state index >= 15 is 0 Å². The van der Waals surface area contributed by atoms with Crippen LogP contribution in [-0.4, -0.2) is 19.0 Å². The zero-order valence-electron chi connectivity index (χ0n) is 8.06. The van der Waals surface area contributed by atoms with Crippen LogP contribution in [-0.2, 0) is 0 Å². The normalized spacial score (nSPS) is 11.7. The molecule has 0 bridgehead atoms. The van der Waals surface area contributed by atoms with Crippen molar-refractivity contribution in [3.63, 3.8) is 0 Å². The summed E-state index contributed by atoms with van der Waals surface area (Å²) in [5.41, 5.74) is 1.02. The second kappa shape index (κ2) is 5.97. The van der Waals surface area contributed by atoms with Crippen LogP contribution in [0.25, 0.3) is 0 Å². The molecule has 1 aromatic rings. The average molecular weight is 207 g/mol. The summed E-state index contributed by atoms with van der Waals surface area (Å²) < 4.78 is 0. The van der Waals surface area contributed by atoms with E-state index in [1.54, 1.807) is 12.1 Å². The Kier molecular flexibility index (Phi) is 6.14. The zero-order chi connectivity index (χ0) is 9.14. The smallest absolute Gasteiger partial charge is 0.805 e. The first-order valence-corrected chi connectivity index (χ1v) is 4.76. The quantitative estimate of drug-likeness (QED) is 0.416. The molecule has 0 amide bonds. The van der Waals surface area contributed by atoms with Crippen molar-refractivity contribution in [2.24, 2.45) is 0 Å². The minimum atomic E-state index is -2.20. The number of anilines is 1. The van der Waals surface area contributed by atoms with Crippen molar-refractivity contribution in [3.8, 4) is 0 Å². The molecule has 0 saturated carbocycles. The Morgan fingerprint density at radius 2 is 1.69 bits per heavy atom. The van der Waals surface area contributed by atoms with Gasteiger partial charge in [-0.3, -0.25) is 0 Å². The van der Waals surface area contributed by atoms with Gasteiger partial charge in [-0.25, -0.2) is 0 Å². The Bertz CT molecular complexity index is 224. The zero-order valence-corrected chi connectivity index (χ0v) is 11.0. The fourth-order valence-electron chi connectivity index (χ4n) is 0.878. The van der Waals surface area contributed by atoms with E-state index in [4.69, 9.17) is 4.89 Å². The van der Waals surface area contributed by atoms with E-state index in [1.807, 2.05) is 31.1 Å². The fourth-order valence-corrected chi connectivity index (χ4v) is 1.28. The van der Waals surface area contributed by atoms with Crippen molar-refractivity contribution in [2.75, 3.05) is 19.0 Å². The molecule has 3 nitrogen and oxygen atoms in total. The monoisotopic (exact) mass is 207 g/mol. The van der Waals surface area contributed by atoms with Gasteiger partial charge in [0.05, 0.1) is 0 Å². The first-order chi connectivity index (χ1) is 5.61. The summed E-state index contributed by atoms with van der Waals surface area (Å²) in [5.74, 6) is 0. The van der Waals surface area contributed by atoms with Crippen LogP contribution in [0.5, 0.6) is 0 Å². The van der Waals surface area contributed by atoms with Gasteiger partial charge in [-0.05, 0) is 25.8 Å². The van der Waals surface area contributed by atoms with Crippen molar-refractivity contribution in [2.45, 2.75) is 0 Å². The average Bonchev–Trinajstić information content (AvgIpc) is 2.04. The van der Waals surface area contributed by atoms with Gasteiger partial charge in [0.15, 0.2) is 0 Å². The molecular formula is C8H11NNaO2P. The van der Waals surface area contributed by atoms with Crippen molar-refractivity contribution in [3.05, 3.63) is 24.3 Å². The number of nitrogens with zero attached hydrogens (tertiary/aromatic N) is 1. The van der Waals surface area contributed by atoms with E-state index in [0.29, 0.717) is 5.30 Å². The number of rotatable bonds is 2. The standard InChI is InChI=1S/C8H11NO2P.Na/c1-9(2)7-3-5-8(6-4-7)12(10)11;/h3-6,10H,1-2H3;/q-1;+1. The minimum absolute atomic E-state index is 0. The molecule has 0 aromatic heterocycles. The van der Waals surface area contributed by atoms with Crippen LogP contribution < -0.4 is 44.7 Å². The second-order valence-electron chi connectivity index (χ2n) is 2.68. The Labute approximate surface area is 102 Å². The predicted octanol–water partition coefficient (Wildman–Crippen LogP) is -2.95. The Balaban J connectivity index is 0.00000144. The molecule has 0 fully saturated rings. The third-order valence-electron chi connectivity index (χ3n) is 1.59. The summed E-state index contributed by atoms with van der Waals surface area (Å²) in [5, 5.41) is 0.468. The Morgan fingerprint density at radius 1 is 1.23 bits per heavy atom. The van der Waals surface area contributed by atoms with E-state index in [2.05, 4.69) is 0 Å².